The van der Waals surface area contributed by atoms with Gasteiger partial charge in [-0.1, -0.05) is 24.2 Å². The Morgan fingerprint density at radius 3 is 2.85 bits per heavy atom. The normalized spacial score (nSPS) is 15.7. The number of ketones is 1. The largest absolute Gasteiger partial charge is 0.496 e. The number of carbonyl (C=O) groups is 1. The highest BCUT2D eigenvalue weighted by molar-refractivity contribution is 6.03. The molecule has 138 valence electrons. The molecule has 27 heavy (non-hydrogen) atoms. The standard InChI is InChI=1S/C21H18FNO4/c1-12-9-17(24)21-19(8-7-15(22)20(12)21)26-11-13-10-16(23-27-13)14-5-3-4-6-18(14)25-2/h3-8,10,12H,9,11H2,1-2H3. The molecule has 0 spiro atoms. The van der Waals surface area contributed by atoms with Crippen LogP contribution in [0.1, 0.15) is 40.9 Å². The molecule has 3 aromatic rings. The number of nitrogens with zero attached hydrogens (tertiary/aromatic N) is 1. The van der Waals surface area contributed by atoms with E-state index in [1.54, 1.807) is 13.2 Å². The highest BCUT2D eigenvalue weighted by Crippen LogP contribution is 2.40. The molecule has 0 aliphatic heterocycles. The fraction of sp³-hybridized carbons (Fsp3) is 0.238. The Balaban J connectivity index is 1.56. The summed E-state index contributed by atoms with van der Waals surface area (Å²) in [5.74, 6) is 0.948. The van der Waals surface area contributed by atoms with Crippen LogP contribution in [0.5, 0.6) is 11.5 Å². The summed E-state index contributed by atoms with van der Waals surface area (Å²) < 4.78 is 30.5. The number of ether oxygens (including phenoxy) is 2. The van der Waals surface area contributed by atoms with Crippen molar-refractivity contribution in [3.05, 3.63) is 65.2 Å². The number of aromatic nitrogens is 1. The van der Waals surface area contributed by atoms with Gasteiger partial charge in [-0.3, -0.25) is 4.79 Å². The molecule has 4 rings (SSSR count). The van der Waals surface area contributed by atoms with Crippen LogP contribution >= 0.6 is 0 Å². The van der Waals surface area contributed by atoms with Crippen LogP contribution in [0.2, 0.25) is 0 Å². The smallest absolute Gasteiger partial charge is 0.174 e. The summed E-state index contributed by atoms with van der Waals surface area (Å²) in [6.07, 6.45) is 0.298. The maximum Gasteiger partial charge on any atom is 0.174 e. The molecule has 0 saturated carbocycles. The average Bonchev–Trinajstić information content (AvgIpc) is 3.26. The lowest BCUT2D eigenvalue weighted by Crippen LogP contribution is -2.02. The van der Waals surface area contributed by atoms with E-state index in [0.29, 0.717) is 40.5 Å². The molecule has 0 fully saturated rings. The SMILES string of the molecule is COc1ccccc1-c1cc(COc2ccc(F)c3c2C(=O)CC3C)on1. The fourth-order valence-electron chi connectivity index (χ4n) is 3.46. The molecule has 0 amide bonds. The number of para-hydroxylation sites is 1. The molecule has 5 nitrogen and oxygen atoms in total. The van der Waals surface area contributed by atoms with Crippen LogP contribution in [0.25, 0.3) is 11.3 Å². The van der Waals surface area contributed by atoms with Gasteiger partial charge in [0.15, 0.2) is 11.5 Å². The van der Waals surface area contributed by atoms with Crippen LogP contribution < -0.4 is 9.47 Å². The lowest BCUT2D eigenvalue weighted by molar-refractivity contribution is 0.0985. The first kappa shape index (κ1) is 17.3. The second-order valence-corrected chi connectivity index (χ2v) is 6.53. The van der Waals surface area contributed by atoms with E-state index in [-0.39, 0.29) is 24.1 Å². The topological polar surface area (TPSA) is 61.6 Å². The van der Waals surface area contributed by atoms with E-state index in [0.717, 1.165) is 5.56 Å². The molecular weight excluding hydrogens is 349 g/mol. The number of methoxy groups -OCH3 is 1. The van der Waals surface area contributed by atoms with Crippen LogP contribution in [-0.2, 0) is 6.61 Å². The van der Waals surface area contributed by atoms with E-state index in [9.17, 15) is 9.18 Å². The average molecular weight is 367 g/mol. The van der Waals surface area contributed by atoms with Gasteiger partial charge in [0.1, 0.15) is 29.6 Å². The van der Waals surface area contributed by atoms with E-state index in [1.165, 1.54) is 12.1 Å². The third-order valence-electron chi connectivity index (χ3n) is 4.73. The van der Waals surface area contributed by atoms with Gasteiger partial charge in [-0.15, -0.1) is 0 Å². The van der Waals surface area contributed by atoms with E-state index >= 15 is 0 Å². The van der Waals surface area contributed by atoms with Crippen LogP contribution in [0.4, 0.5) is 4.39 Å². The van der Waals surface area contributed by atoms with Crippen LogP contribution in [0.15, 0.2) is 47.0 Å². The molecule has 1 aliphatic rings. The van der Waals surface area contributed by atoms with Gasteiger partial charge in [-0.05, 0) is 30.2 Å². The van der Waals surface area contributed by atoms with Gasteiger partial charge in [-0.2, -0.15) is 0 Å². The summed E-state index contributed by atoms with van der Waals surface area (Å²) in [7, 11) is 1.59. The summed E-state index contributed by atoms with van der Waals surface area (Å²) >= 11 is 0. The van der Waals surface area contributed by atoms with Gasteiger partial charge < -0.3 is 14.0 Å². The van der Waals surface area contributed by atoms with Gasteiger partial charge in [0.2, 0.25) is 0 Å². The summed E-state index contributed by atoms with van der Waals surface area (Å²) in [4.78, 5) is 12.2. The first-order chi connectivity index (χ1) is 13.1. The van der Waals surface area contributed by atoms with Crippen molar-refractivity contribution in [1.29, 1.82) is 0 Å². The van der Waals surface area contributed by atoms with Gasteiger partial charge in [-0.25, -0.2) is 4.39 Å². The molecule has 1 unspecified atom stereocenters. The number of benzene rings is 2. The second-order valence-electron chi connectivity index (χ2n) is 6.53. The molecule has 0 radical (unpaired) electrons. The van der Waals surface area contributed by atoms with Gasteiger partial charge in [0, 0.05) is 23.6 Å². The maximum absolute atomic E-state index is 14.1. The highest BCUT2D eigenvalue weighted by Gasteiger charge is 2.32. The van der Waals surface area contributed by atoms with Gasteiger partial charge >= 0.3 is 0 Å². The van der Waals surface area contributed by atoms with Gasteiger partial charge in [0.25, 0.3) is 0 Å². The predicted molar refractivity (Wildman–Crippen MR) is 96.6 cm³/mol. The van der Waals surface area contributed by atoms with Crippen molar-refractivity contribution in [3.8, 4) is 22.8 Å². The minimum atomic E-state index is -0.367. The Kier molecular flexibility index (Phi) is 4.39. The summed E-state index contributed by atoms with van der Waals surface area (Å²) in [5, 5.41) is 4.06. The van der Waals surface area contributed by atoms with Gasteiger partial charge in [0.05, 0.1) is 12.7 Å². The number of Topliss-reactive ketones (excluding diaryl/α,β-unsaturated/α-hetero) is 1. The predicted octanol–water partition coefficient (Wildman–Crippen LogP) is 4.76. The third-order valence-corrected chi connectivity index (χ3v) is 4.73. The Morgan fingerprint density at radius 1 is 1.22 bits per heavy atom. The van der Waals surface area contributed by atoms with Crippen LogP contribution in [0, 0.1) is 5.82 Å². The molecule has 0 N–H and O–H groups in total. The molecule has 2 aromatic carbocycles. The second kappa shape index (κ2) is 6.87. The summed E-state index contributed by atoms with van der Waals surface area (Å²) in [6, 6.07) is 12.1. The summed E-state index contributed by atoms with van der Waals surface area (Å²) in [6.45, 7) is 1.93. The molecule has 0 bridgehead atoms. The monoisotopic (exact) mass is 367 g/mol. The van der Waals surface area contributed by atoms with E-state index in [4.69, 9.17) is 14.0 Å². The minimum Gasteiger partial charge on any atom is -0.496 e. The molecule has 0 saturated heterocycles. The number of carbonyl (C=O) groups excluding carboxylic acids is 1. The first-order valence-electron chi connectivity index (χ1n) is 8.66. The van der Waals surface area contributed by atoms with Crippen molar-refractivity contribution in [1.82, 2.24) is 5.16 Å². The van der Waals surface area contributed by atoms with Crippen molar-refractivity contribution in [2.45, 2.75) is 25.9 Å². The number of rotatable bonds is 5. The number of fused-ring (bicyclic) bond motifs is 1. The third kappa shape index (κ3) is 3.07. The molecule has 1 heterocycles. The minimum absolute atomic E-state index is 0.0852. The highest BCUT2D eigenvalue weighted by atomic mass is 19.1. The zero-order chi connectivity index (χ0) is 19.0. The Labute approximate surface area is 155 Å². The van der Waals surface area contributed by atoms with Crippen molar-refractivity contribution < 1.29 is 23.2 Å². The number of hydrogen-bond donors (Lipinski definition) is 0. The maximum atomic E-state index is 14.1. The van der Waals surface area contributed by atoms with E-state index < -0.39 is 0 Å². The van der Waals surface area contributed by atoms with E-state index in [2.05, 4.69) is 5.16 Å². The number of hydrogen-bond acceptors (Lipinski definition) is 5. The van der Waals surface area contributed by atoms with Crippen LogP contribution in [-0.4, -0.2) is 18.0 Å². The Hall–Kier alpha value is -3.15. The molecular formula is C21H18FNO4. The molecule has 1 aliphatic carbocycles. The van der Waals surface area contributed by atoms with Crippen molar-refractivity contribution in [3.63, 3.8) is 0 Å². The van der Waals surface area contributed by atoms with Crippen LogP contribution in [0.3, 0.4) is 0 Å². The molecule has 1 aromatic heterocycles. The van der Waals surface area contributed by atoms with Crippen molar-refractivity contribution >= 4 is 5.78 Å². The first-order valence-corrected chi connectivity index (χ1v) is 8.66. The zero-order valence-electron chi connectivity index (χ0n) is 15.0. The Bertz CT molecular complexity index is 1010. The van der Waals surface area contributed by atoms with Crippen molar-refractivity contribution in [2.24, 2.45) is 0 Å². The van der Waals surface area contributed by atoms with E-state index in [1.807, 2.05) is 31.2 Å². The lowest BCUT2D eigenvalue weighted by Gasteiger charge is -2.10. The summed E-state index contributed by atoms with van der Waals surface area (Å²) in [5.41, 5.74) is 2.21. The Morgan fingerprint density at radius 2 is 2.04 bits per heavy atom. The number of halogens is 1. The molecule has 1 atom stereocenters. The van der Waals surface area contributed by atoms with Crippen molar-refractivity contribution in [2.75, 3.05) is 7.11 Å². The lowest BCUT2D eigenvalue weighted by atomic mass is 10.0. The molecule has 6 heteroatoms. The quantitative estimate of drug-likeness (QED) is 0.651. The fourth-order valence-corrected chi connectivity index (χ4v) is 3.46. The zero-order valence-corrected chi connectivity index (χ0v) is 15.0.